The summed E-state index contributed by atoms with van der Waals surface area (Å²) in [6.45, 7) is 4.04. The Bertz CT molecular complexity index is 492. The molecule has 0 amide bonds. The number of rotatable bonds is 3. The second kappa shape index (κ2) is 5.92. The maximum absolute atomic E-state index is 10.8. The number of carbonyl (C=O) groups is 1. The average Bonchev–Trinajstić information content (AvgIpc) is 2.35. The van der Waals surface area contributed by atoms with Crippen molar-refractivity contribution in [2.45, 2.75) is 26.7 Å². The molecule has 0 radical (unpaired) electrons. The number of benzene rings is 1. The van der Waals surface area contributed by atoms with Gasteiger partial charge in [0.25, 0.3) is 0 Å². The first kappa shape index (κ1) is 13.1. The molecular weight excluding hydrogens is 208 g/mol. The summed E-state index contributed by atoms with van der Waals surface area (Å²) in [6.07, 6.45) is 7.83. The van der Waals surface area contributed by atoms with Gasteiger partial charge in [0.1, 0.15) is 0 Å². The van der Waals surface area contributed by atoms with E-state index in [-0.39, 0.29) is 5.41 Å². The molecule has 0 saturated heterocycles. The summed E-state index contributed by atoms with van der Waals surface area (Å²) >= 11 is 0. The summed E-state index contributed by atoms with van der Waals surface area (Å²) in [5.41, 5.74) is 1.30. The Labute approximate surface area is 103 Å². The fourth-order valence-electron chi connectivity index (χ4n) is 1.32. The highest BCUT2D eigenvalue weighted by Gasteiger charge is 2.11. The fraction of sp³-hybridized carbons (Fsp3) is 0.312. The van der Waals surface area contributed by atoms with Gasteiger partial charge in [-0.1, -0.05) is 30.0 Å². The molecule has 1 rings (SSSR count). The highest BCUT2D eigenvalue weighted by molar-refractivity contribution is 5.79. The van der Waals surface area contributed by atoms with E-state index in [2.05, 4.69) is 17.8 Å². The van der Waals surface area contributed by atoms with Crippen LogP contribution in [0.4, 0.5) is 0 Å². The van der Waals surface area contributed by atoms with Crippen molar-refractivity contribution in [3.63, 3.8) is 0 Å². The van der Waals surface area contributed by atoms with E-state index in [1.54, 1.807) is 6.07 Å². The Kier molecular flexibility index (Phi) is 4.56. The predicted molar refractivity (Wildman–Crippen MR) is 70.6 cm³/mol. The third kappa shape index (κ3) is 4.17. The minimum atomic E-state index is -0.112. The van der Waals surface area contributed by atoms with Gasteiger partial charge in [-0.05, 0) is 26.3 Å². The van der Waals surface area contributed by atoms with Crippen LogP contribution in [0.25, 0.3) is 0 Å². The predicted octanol–water partition coefficient (Wildman–Crippen LogP) is 3.29. The molecule has 0 atom stereocenters. The minimum Gasteiger partial charge on any atom is -0.298 e. The number of hydrogen-bond donors (Lipinski definition) is 0. The lowest BCUT2D eigenvalue weighted by Gasteiger charge is -2.14. The summed E-state index contributed by atoms with van der Waals surface area (Å²) in [4.78, 5) is 10.8. The molecule has 0 aliphatic rings. The molecule has 0 aromatic heterocycles. The molecule has 0 saturated carbocycles. The topological polar surface area (TPSA) is 17.1 Å². The Morgan fingerprint density at radius 1 is 1.35 bits per heavy atom. The molecular formula is C16H16O. The highest BCUT2D eigenvalue weighted by atomic mass is 16.1. The van der Waals surface area contributed by atoms with Crippen LogP contribution < -0.4 is 0 Å². The second-order valence-electron chi connectivity index (χ2n) is 4.54. The third-order valence-electron chi connectivity index (χ3n) is 2.58. The first-order chi connectivity index (χ1) is 8.09. The third-order valence-corrected chi connectivity index (χ3v) is 2.58. The SMILES string of the molecule is C#CC(C)(C)CCC#Cc1ccccc1C=O. The van der Waals surface area contributed by atoms with Gasteiger partial charge in [0, 0.05) is 23.0 Å². The summed E-state index contributed by atoms with van der Waals surface area (Å²) in [5, 5.41) is 0. The normalized spacial score (nSPS) is 9.94. The van der Waals surface area contributed by atoms with Crippen molar-refractivity contribution in [3.05, 3.63) is 35.4 Å². The smallest absolute Gasteiger partial charge is 0.151 e. The van der Waals surface area contributed by atoms with Crippen molar-refractivity contribution in [2.24, 2.45) is 5.41 Å². The van der Waals surface area contributed by atoms with Crippen molar-refractivity contribution in [1.82, 2.24) is 0 Å². The van der Waals surface area contributed by atoms with E-state index in [1.165, 1.54) is 0 Å². The Balaban J connectivity index is 2.67. The van der Waals surface area contributed by atoms with Crippen LogP contribution in [0.3, 0.4) is 0 Å². The number of aldehydes is 1. The zero-order valence-electron chi connectivity index (χ0n) is 10.3. The Morgan fingerprint density at radius 3 is 2.71 bits per heavy atom. The lowest BCUT2D eigenvalue weighted by Crippen LogP contribution is -2.06. The van der Waals surface area contributed by atoms with E-state index in [1.807, 2.05) is 32.0 Å². The zero-order valence-corrected chi connectivity index (χ0v) is 10.3. The van der Waals surface area contributed by atoms with Gasteiger partial charge in [-0.15, -0.1) is 12.3 Å². The summed E-state index contributed by atoms with van der Waals surface area (Å²) < 4.78 is 0. The van der Waals surface area contributed by atoms with E-state index < -0.39 is 0 Å². The van der Waals surface area contributed by atoms with Crippen LogP contribution in [0.5, 0.6) is 0 Å². The van der Waals surface area contributed by atoms with Crippen LogP contribution in [0, 0.1) is 29.6 Å². The maximum atomic E-state index is 10.8. The molecule has 0 N–H and O–H groups in total. The quantitative estimate of drug-likeness (QED) is 0.568. The van der Waals surface area contributed by atoms with Gasteiger partial charge in [-0.3, -0.25) is 4.79 Å². The second-order valence-corrected chi connectivity index (χ2v) is 4.54. The van der Waals surface area contributed by atoms with Gasteiger partial charge in [0.15, 0.2) is 6.29 Å². The molecule has 1 heteroatoms. The van der Waals surface area contributed by atoms with Crippen molar-refractivity contribution >= 4 is 6.29 Å². The lowest BCUT2D eigenvalue weighted by atomic mass is 9.89. The van der Waals surface area contributed by atoms with Crippen LogP contribution in [0.15, 0.2) is 24.3 Å². The van der Waals surface area contributed by atoms with Gasteiger partial charge >= 0.3 is 0 Å². The van der Waals surface area contributed by atoms with Gasteiger partial charge < -0.3 is 0 Å². The molecule has 86 valence electrons. The number of hydrogen-bond acceptors (Lipinski definition) is 1. The minimum absolute atomic E-state index is 0.112. The van der Waals surface area contributed by atoms with E-state index in [0.717, 1.165) is 24.7 Å². The van der Waals surface area contributed by atoms with Crippen LogP contribution in [0.1, 0.15) is 42.6 Å². The Morgan fingerprint density at radius 2 is 2.06 bits per heavy atom. The van der Waals surface area contributed by atoms with E-state index in [9.17, 15) is 4.79 Å². The molecule has 0 spiro atoms. The highest BCUT2D eigenvalue weighted by Crippen LogP contribution is 2.19. The monoisotopic (exact) mass is 224 g/mol. The zero-order chi connectivity index (χ0) is 12.7. The van der Waals surface area contributed by atoms with E-state index >= 15 is 0 Å². The van der Waals surface area contributed by atoms with Gasteiger partial charge in [-0.2, -0.15) is 0 Å². The molecule has 0 unspecified atom stereocenters. The molecule has 1 nitrogen and oxygen atoms in total. The van der Waals surface area contributed by atoms with Crippen LogP contribution in [-0.4, -0.2) is 6.29 Å². The Hall–Kier alpha value is -1.99. The van der Waals surface area contributed by atoms with Crippen LogP contribution >= 0.6 is 0 Å². The standard InChI is InChI=1S/C16H16O/c1-4-16(2,3)12-8-7-10-14-9-5-6-11-15(14)13-17/h1,5-6,9,11,13H,8,12H2,2-3H3. The van der Waals surface area contributed by atoms with E-state index in [0.29, 0.717) is 5.56 Å². The molecule has 1 aromatic rings. The van der Waals surface area contributed by atoms with Crippen LogP contribution in [0.2, 0.25) is 0 Å². The van der Waals surface area contributed by atoms with Gasteiger partial charge in [-0.25, -0.2) is 0 Å². The first-order valence-corrected chi connectivity index (χ1v) is 5.60. The molecule has 0 heterocycles. The molecule has 0 bridgehead atoms. The van der Waals surface area contributed by atoms with Gasteiger partial charge in [0.05, 0.1) is 0 Å². The van der Waals surface area contributed by atoms with Crippen molar-refractivity contribution < 1.29 is 4.79 Å². The molecule has 17 heavy (non-hydrogen) atoms. The number of terminal acetylenes is 1. The van der Waals surface area contributed by atoms with Crippen molar-refractivity contribution in [1.29, 1.82) is 0 Å². The van der Waals surface area contributed by atoms with Crippen LogP contribution in [-0.2, 0) is 0 Å². The maximum Gasteiger partial charge on any atom is 0.151 e. The molecule has 0 aliphatic carbocycles. The fourth-order valence-corrected chi connectivity index (χ4v) is 1.32. The van der Waals surface area contributed by atoms with Gasteiger partial charge in [0.2, 0.25) is 0 Å². The van der Waals surface area contributed by atoms with Crippen molar-refractivity contribution in [3.8, 4) is 24.2 Å². The average molecular weight is 224 g/mol. The largest absolute Gasteiger partial charge is 0.298 e. The summed E-state index contributed by atoms with van der Waals surface area (Å²) in [5.74, 6) is 8.81. The summed E-state index contributed by atoms with van der Waals surface area (Å²) in [6, 6.07) is 7.32. The lowest BCUT2D eigenvalue weighted by molar-refractivity contribution is 0.112. The van der Waals surface area contributed by atoms with Crippen molar-refractivity contribution in [2.75, 3.05) is 0 Å². The molecule has 0 fully saturated rings. The van der Waals surface area contributed by atoms with E-state index in [4.69, 9.17) is 6.42 Å². The first-order valence-electron chi connectivity index (χ1n) is 5.60. The molecule has 0 aliphatic heterocycles. The summed E-state index contributed by atoms with van der Waals surface area (Å²) in [7, 11) is 0. The number of carbonyl (C=O) groups excluding carboxylic acids is 1. The molecule has 1 aromatic carbocycles.